The molecule has 2 heterocycles. The van der Waals surface area contributed by atoms with Crippen LogP contribution in [0, 0.1) is 17.5 Å². The fourth-order valence-corrected chi connectivity index (χ4v) is 9.66. The van der Waals surface area contributed by atoms with Crippen molar-refractivity contribution in [3.63, 3.8) is 0 Å². The molecule has 0 spiro atoms. The van der Waals surface area contributed by atoms with Crippen LogP contribution in [0.15, 0.2) is 63.4 Å². The summed E-state index contributed by atoms with van der Waals surface area (Å²) in [5.41, 5.74) is 6.42. The smallest absolute Gasteiger partial charge is 0.303 e. The molecule has 19 nitrogen and oxygen atoms in total. The lowest BCUT2D eigenvalue weighted by molar-refractivity contribution is -0.204. The Hall–Kier alpha value is -5.17. The largest absolute Gasteiger partial charge is 0.463 e. The molecule has 3 aromatic carbocycles. The molecule has 10 atom stereocenters. The number of ether oxygens (including phenoxy) is 8. The molecule has 1 N–H and O–H groups in total. The zero-order chi connectivity index (χ0) is 52.9. The van der Waals surface area contributed by atoms with Crippen LogP contribution >= 0.6 is 69.9 Å². The highest BCUT2D eigenvalue weighted by Crippen LogP contribution is 2.41. The van der Waals surface area contributed by atoms with Crippen molar-refractivity contribution in [2.45, 2.75) is 111 Å². The van der Waals surface area contributed by atoms with E-state index in [1.807, 2.05) is 0 Å². The third-order valence-corrected chi connectivity index (χ3v) is 13.1. The first-order valence-corrected chi connectivity index (χ1v) is 23.7. The molecule has 1 amide bonds. The van der Waals surface area contributed by atoms with E-state index in [2.05, 4.69) is 15.3 Å². The number of nitrogens with zero attached hydrogens (tertiary/aromatic N) is 3. The normalized spacial score (nSPS) is 23.5. The highest BCUT2D eigenvalue weighted by molar-refractivity contribution is 8.00. The van der Waals surface area contributed by atoms with Crippen LogP contribution in [0.5, 0.6) is 0 Å². The molecule has 0 radical (unpaired) electrons. The quantitative estimate of drug-likeness (QED) is 0.0374. The lowest BCUT2D eigenvalue weighted by atomic mass is 9.96. The molecule has 0 bridgehead atoms. The second kappa shape index (κ2) is 27.0. The average Bonchev–Trinajstić information content (AvgIpc) is 3.27. The molecule has 2 saturated heterocycles. The van der Waals surface area contributed by atoms with Crippen molar-refractivity contribution < 1.29 is 84.6 Å². The molecule has 2 aliphatic rings. The van der Waals surface area contributed by atoms with Crippen molar-refractivity contribution in [2.24, 2.45) is 5.11 Å². The van der Waals surface area contributed by atoms with Gasteiger partial charge in [0, 0.05) is 61.8 Å². The van der Waals surface area contributed by atoms with Crippen molar-refractivity contribution in [3.05, 3.63) is 102 Å². The number of rotatable bonds is 15. The number of carbonyl (C=O) groups is 7. The lowest BCUT2D eigenvalue weighted by Crippen LogP contribution is -2.66. The monoisotopic (exact) mass is 1110 g/mol. The van der Waals surface area contributed by atoms with Crippen LogP contribution in [0.25, 0.3) is 10.4 Å². The summed E-state index contributed by atoms with van der Waals surface area (Å²) in [5.74, 6) is -10.4. The molecule has 0 aliphatic carbocycles. The van der Waals surface area contributed by atoms with Crippen LogP contribution in [0.2, 0.25) is 20.1 Å². The molecule has 0 saturated carbocycles. The van der Waals surface area contributed by atoms with E-state index in [4.69, 9.17) is 89.8 Å². The maximum Gasteiger partial charge on any atom is 0.303 e. The van der Waals surface area contributed by atoms with Crippen LogP contribution in [-0.4, -0.2) is 115 Å². The van der Waals surface area contributed by atoms with Crippen molar-refractivity contribution in [2.75, 3.05) is 13.2 Å². The summed E-state index contributed by atoms with van der Waals surface area (Å²) >= 11 is 26.2. The Bertz CT molecular complexity index is 2530. The average molecular weight is 1120 g/mol. The highest BCUT2D eigenvalue weighted by atomic mass is 35.5. The molecule has 2 fully saturated rings. The minimum atomic E-state index is -1.78. The highest BCUT2D eigenvalue weighted by Gasteiger charge is 2.52. The zero-order valence-electron chi connectivity index (χ0n) is 37.7. The van der Waals surface area contributed by atoms with Gasteiger partial charge in [-0.2, -0.15) is 0 Å². The van der Waals surface area contributed by atoms with E-state index in [-0.39, 0.29) is 16.7 Å². The van der Waals surface area contributed by atoms with E-state index in [0.29, 0.717) is 32.0 Å². The third-order valence-electron chi connectivity index (χ3n) is 9.39. The molecular formula is C43H41Cl4F3N4O15S2. The van der Waals surface area contributed by atoms with Gasteiger partial charge >= 0.3 is 35.8 Å². The van der Waals surface area contributed by atoms with E-state index < -0.39 is 131 Å². The Morgan fingerprint density at radius 3 is 1.44 bits per heavy atom. The summed E-state index contributed by atoms with van der Waals surface area (Å²) in [6.07, 6.45) is -7.30. The number of hydrogen-bond donors (Lipinski definition) is 1. The van der Waals surface area contributed by atoms with Crippen LogP contribution in [0.3, 0.4) is 0 Å². The molecule has 28 heteroatoms. The molecule has 71 heavy (non-hydrogen) atoms. The maximum absolute atomic E-state index is 13.9. The van der Waals surface area contributed by atoms with Crippen LogP contribution in [-0.2, 0) is 66.7 Å². The second-order valence-corrected chi connectivity index (χ2v) is 18.8. The molecule has 2 aliphatic heterocycles. The first-order chi connectivity index (χ1) is 33.4. The van der Waals surface area contributed by atoms with Gasteiger partial charge in [-0.3, -0.25) is 33.6 Å². The first kappa shape index (κ1) is 58.4. The number of hydrogen-bond acceptors (Lipinski definition) is 18. The lowest BCUT2D eigenvalue weighted by Gasteiger charge is -2.45. The molecular weight excluding hydrogens is 1080 g/mol. The van der Waals surface area contributed by atoms with E-state index in [1.54, 1.807) is 24.3 Å². The van der Waals surface area contributed by atoms with Gasteiger partial charge in [0.05, 0.1) is 20.1 Å². The maximum atomic E-state index is 13.9. The van der Waals surface area contributed by atoms with Crippen LogP contribution in [0.1, 0.15) is 51.9 Å². The van der Waals surface area contributed by atoms with Crippen molar-refractivity contribution in [1.29, 1.82) is 0 Å². The van der Waals surface area contributed by atoms with Gasteiger partial charge in [-0.15, -0.1) is 0 Å². The second-order valence-electron chi connectivity index (χ2n) is 14.8. The molecule has 5 rings (SSSR count). The topological polar surface area (TPSA) is 254 Å². The number of benzene rings is 3. The number of amides is 1. The minimum Gasteiger partial charge on any atom is -0.463 e. The SMILES string of the molecule is CC(=O)OC[C@H]1O[C@H](Sc2ccc(Cl)c(Cl)c2)[C@H](OC(C)=O)[C@@H](N=[N+]=[N-])[C@H]1OC(C)=O.CC(=O)OC[C@H]1O[C@H](Sc2ccc(Cl)c(Cl)c2)[C@H](OC(C)=O)[C@@H](NC(=O)c2cc(F)c(F)c(F)c2)[C@H]1OC(C)=O. The standard InChI is InChI=1S/C25H22Cl2F3NO8S.C18H19Cl2N3O7S/c1-10(32)36-9-19-22(37-11(2)33)21(31-24(35)13-6-17(28)20(30)18(29)7-13)23(38-12(3)34)25(39-19)40-14-4-5-15(26)16(27)8-14;1-8(24)27-7-14-16(28-9(2)25)15(22-23-21)17(29-10(3)26)18(30-14)31-11-4-5-12(19)13(20)6-11/h4-8,19,21-23,25H,9H2,1-3H3,(H,31,35);4-6,14-18H,7H2,1-3H3/t19-,21+,22+,23-,25-;14-,15+,16+,17-,18-/m11/s1. The summed E-state index contributed by atoms with van der Waals surface area (Å²) in [7, 11) is 0. The Kier molecular flexibility index (Phi) is 22.2. The van der Waals surface area contributed by atoms with Gasteiger partial charge in [-0.1, -0.05) is 75.0 Å². The van der Waals surface area contributed by atoms with Crippen LogP contribution < -0.4 is 5.32 Å². The number of thioether (sulfide) groups is 2. The molecule has 0 aromatic heterocycles. The summed E-state index contributed by atoms with van der Waals surface area (Å²) < 4.78 is 84.8. The van der Waals surface area contributed by atoms with Gasteiger partial charge in [-0.25, -0.2) is 13.2 Å². The van der Waals surface area contributed by atoms with E-state index in [0.717, 1.165) is 51.2 Å². The summed E-state index contributed by atoms with van der Waals surface area (Å²) in [5, 5.41) is 7.25. The Labute approximate surface area is 430 Å². The molecule has 0 unspecified atom stereocenters. The Morgan fingerprint density at radius 2 is 1.01 bits per heavy atom. The van der Waals surface area contributed by atoms with Crippen LogP contribution in [0.4, 0.5) is 13.2 Å². The van der Waals surface area contributed by atoms with E-state index in [1.165, 1.54) is 26.0 Å². The van der Waals surface area contributed by atoms with E-state index in [9.17, 15) is 46.7 Å². The van der Waals surface area contributed by atoms with Gasteiger partial charge in [0.25, 0.3) is 5.91 Å². The van der Waals surface area contributed by atoms with Crippen molar-refractivity contribution in [3.8, 4) is 0 Å². The first-order valence-electron chi connectivity index (χ1n) is 20.4. The molecule has 384 valence electrons. The van der Waals surface area contributed by atoms with E-state index >= 15 is 0 Å². The summed E-state index contributed by atoms with van der Waals surface area (Å²) in [4.78, 5) is 87.4. The number of azide groups is 1. The van der Waals surface area contributed by atoms with Gasteiger partial charge in [0.15, 0.2) is 29.7 Å². The number of halogens is 7. The van der Waals surface area contributed by atoms with Crippen molar-refractivity contribution in [1.82, 2.24) is 5.32 Å². The van der Waals surface area contributed by atoms with Gasteiger partial charge in [0.1, 0.15) is 60.6 Å². The fourth-order valence-electron chi connectivity index (χ4n) is 6.63. The number of nitrogens with one attached hydrogen (secondary N) is 1. The van der Waals surface area contributed by atoms with Gasteiger partial charge < -0.3 is 43.2 Å². The number of esters is 6. The third kappa shape index (κ3) is 17.2. The Morgan fingerprint density at radius 1 is 0.606 bits per heavy atom. The predicted molar refractivity (Wildman–Crippen MR) is 248 cm³/mol. The summed E-state index contributed by atoms with van der Waals surface area (Å²) in [6.45, 7) is 6.08. The number of carbonyl (C=O) groups excluding carboxylic acids is 7. The van der Waals surface area contributed by atoms with Gasteiger partial charge in [0.2, 0.25) is 0 Å². The van der Waals surface area contributed by atoms with Gasteiger partial charge in [-0.05, 0) is 54.1 Å². The Balaban J connectivity index is 0.000000319. The minimum absolute atomic E-state index is 0.200. The zero-order valence-corrected chi connectivity index (χ0v) is 42.4. The molecule has 3 aromatic rings. The fraction of sp³-hybridized carbons (Fsp3) is 0.419. The predicted octanol–water partition coefficient (Wildman–Crippen LogP) is 8.37. The summed E-state index contributed by atoms with van der Waals surface area (Å²) in [6, 6.07) is 7.81. The van der Waals surface area contributed by atoms with Crippen molar-refractivity contribution >= 4 is 112 Å².